The minimum atomic E-state index is 0.306. The summed E-state index contributed by atoms with van der Waals surface area (Å²) in [6.45, 7) is 0.513. The van der Waals surface area contributed by atoms with Crippen molar-refractivity contribution in [1.82, 2.24) is 0 Å². The molecule has 1 heterocycles. The van der Waals surface area contributed by atoms with Crippen molar-refractivity contribution in [2.45, 2.75) is 25.5 Å². The SMILES string of the molecule is NCc1ccc(OC2CCCSC2)c(Cl)c1. The van der Waals surface area contributed by atoms with Crippen molar-refractivity contribution in [3.8, 4) is 5.75 Å². The molecule has 0 radical (unpaired) electrons. The molecule has 88 valence electrons. The van der Waals surface area contributed by atoms with Crippen LogP contribution in [-0.2, 0) is 6.54 Å². The van der Waals surface area contributed by atoms with Gasteiger partial charge in [0.15, 0.2) is 0 Å². The van der Waals surface area contributed by atoms with Crippen LogP contribution in [0.3, 0.4) is 0 Å². The predicted octanol–water partition coefficient (Wildman–Crippen LogP) is 3.07. The van der Waals surface area contributed by atoms with E-state index < -0.39 is 0 Å². The summed E-state index contributed by atoms with van der Waals surface area (Å²) in [5, 5.41) is 0.665. The van der Waals surface area contributed by atoms with Gasteiger partial charge in [0.25, 0.3) is 0 Å². The molecule has 0 bridgehead atoms. The molecular formula is C12H16ClNOS. The Bertz CT molecular complexity index is 353. The van der Waals surface area contributed by atoms with E-state index in [9.17, 15) is 0 Å². The van der Waals surface area contributed by atoms with Gasteiger partial charge in [0.2, 0.25) is 0 Å². The molecular weight excluding hydrogens is 242 g/mol. The van der Waals surface area contributed by atoms with Gasteiger partial charge in [0.05, 0.1) is 5.02 Å². The van der Waals surface area contributed by atoms with Crippen LogP contribution in [0.15, 0.2) is 18.2 Å². The third-order valence-corrected chi connectivity index (χ3v) is 4.12. The van der Waals surface area contributed by atoms with Crippen molar-refractivity contribution in [3.05, 3.63) is 28.8 Å². The summed E-state index contributed by atoms with van der Waals surface area (Å²) >= 11 is 8.09. The molecule has 0 spiro atoms. The average Bonchev–Trinajstić information content (AvgIpc) is 2.33. The van der Waals surface area contributed by atoms with E-state index >= 15 is 0 Å². The first kappa shape index (κ1) is 12.1. The summed E-state index contributed by atoms with van der Waals surface area (Å²) in [7, 11) is 0. The number of hydrogen-bond acceptors (Lipinski definition) is 3. The Morgan fingerprint density at radius 3 is 3.00 bits per heavy atom. The van der Waals surface area contributed by atoms with E-state index in [0.717, 1.165) is 23.5 Å². The number of benzene rings is 1. The number of rotatable bonds is 3. The molecule has 1 fully saturated rings. The number of ether oxygens (including phenoxy) is 1. The molecule has 16 heavy (non-hydrogen) atoms. The van der Waals surface area contributed by atoms with Crippen molar-refractivity contribution in [2.75, 3.05) is 11.5 Å². The van der Waals surface area contributed by atoms with E-state index in [1.165, 1.54) is 12.2 Å². The molecule has 1 aromatic carbocycles. The average molecular weight is 258 g/mol. The van der Waals surface area contributed by atoms with Crippen LogP contribution < -0.4 is 10.5 Å². The van der Waals surface area contributed by atoms with E-state index in [0.29, 0.717) is 17.7 Å². The van der Waals surface area contributed by atoms with Gasteiger partial charge >= 0.3 is 0 Å². The van der Waals surface area contributed by atoms with Gasteiger partial charge in [-0.25, -0.2) is 0 Å². The van der Waals surface area contributed by atoms with E-state index in [2.05, 4.69) is 0 Å². The molecule has 0 amide bonds. The van der Waals surface area contributed by atoms with Gasteiger partial charge < -0.3 is 10.5 Å². The molecule has 4 heteroatoms. The molecule has 2 rings (SSSR count). The van der Waals surface area contributed by atoms with Crippen molar-refractivity contribution in [3.63, 3.8) is 0 Å². The Morgan fingerprint density at radius 1 is 1.50 bits per heavy atom. The van der Waals surface area contributed by atoms with Crippen LogP contribution in [0, 0.1) is 0 Å². The van der Waals surface area contributed by atoms with Gasteiger partial charge in [-0.2, -0.15) is 11.8 Å². The standard InChI is InChI=1S/C12H16ClNOS/c13-11-6-9(7-14)3-4-12(11)15-10-2-1-5-16-8-10/h3-4,6,10H,1-2,5,7-8,14H2. The number of halogens is 1. The minimum Gasteiger partial charge on any atom is -0.488 e. The zero-order valence-corrected chi connectivity index (χ0v) is 10.7. The smallest absolute Gasteiger partial charge is 0.138 e. The second-order valence-electron chi connectivity index (χ2n) is 3.93. The van der Waals surface area contributed by atoms with Crippen molar-refractivity contribution in [2.24, 2.45) is 5.73 Å². The highest BCUT2D eigenvalue weighted by molar-refractivity contribution is 7.99. The van der Waals surface area contributed by atoms with Crippen LogP contribution in [-0.4, -0.2) is 17.6 Å². The molecule has 2 nitrogen and oxygen atoms in total. The van der Waals surface area contributed by atoms with Gasteiger partial charge in [-0.05, 0) is 36.3 Å². The maximum Gasteiger partial charge on any atom is 0.138 e. The molecule has 0 aromatic heterocycles. The number of nitrogens with two attached hydrogens (primary N) is 1. The molecule has 1 unspecified atom stereocenters. The molecule has 0 saturated carbocycles. The highest BCUT2D eigenvalue weighted by atomic mass is 35.5. The first-order chi connectivity index (χ1) is 7.79. The summed E-state index contributed by atoms with van der Waals surface area (Å²) < 4.78 is 5.89. The number of thioether (sulfide) groups is 1. The van der Waals surface area contributed by atoms with Gasteiger partial charge in [-0.15, -0.1) is 0 Å². The lowest BCUT2D eigenvalue weighted by Crippen LogP contribution is -2.23. The third-order valence-electron chi connectivity index (χ3n) is 2.64. The largest absolute Gasteiger partial charge is 0.488 e. The maximum absolute atomic E-state index is 6.14. The van der Waals surface area contributed by atoms with Crippen molar-refractivity contribution in [1.29, 1.82) is 0 Å². The second kappa shape index (κ2) is 5.80. The first-order valence-electron chi connectivity index (χ1n) is 5.52. The summed E-state index contributed by atoms with van der Waals surface area (Å²) in [4.78, 5) is 0. The fraction of sp³-hybridized carbons (Fsp3) is 0.500. The highest BCUT2D eigenvalue weighted by Gasteiger charge is 2.16. The van der Waals surface area contributed by atoms with Crippen molar-refractivity contribution < 1.29 is 4.74 Å². The normalized spacial score (nSPS) is 20.8. The molecule has 2 N–H and O–H groups in total. The van der Waals surface area contributed by atoms with Gasteiger partial charge in [-0.1, -0.05) is 17.7 Å². The topological polar surface area (TPSA) is 35.2 Å². The fourth-order valence-electron chi connectivity index (χ4n) is 1.75. The second-order valence-corrected chi connectivity index (χ2v) is 5.48. The Kier molecular flexibility index (Phi) is 4.38. The molecule has 1 aromatic rings. The van der Waals surface area contributed by atoms with Gasteiger partial charge in [-0.3, -0.25) is 0 Å². The predicted molar refractivity (Wildman–Crippen MR) is 70.3 cm³/mol. The van der Waals surface area contributed by atoms with E-state index in [1.54, 1.807) is 0 Å². The number of hydrogen-bond donors (Lipinski definition) is 1. The highest BCUT2D eigenvalue weighted by Crippen LogP contribution is 2.29. The molecule has 1 aliphatic rings. The zero-order valence-electron chi connectivity index (χ0n) is 9.12. The quantitative estimate of drug-likeness (QED) is 0.904. The molecule has 1 saturated heterocycles. The maximum atomic E-state index is 6.14. The molecule has 1 atom stereocenters. The molecule has 0 aliphatic carbocycles. The van der Waals surface area contributed by atoms with Crippen LogP contribution in [0.4, 0.5) is 0 Å². The first-order valence-corrected chi connectivity index (χ1v) is 7.06. The third kappa shape index (κ3) is 3.06. The lowest BCUT2D eigenvalue weighted by molar-refractivity contribution is 0.211. The summed E-state index contributed by atoms with van der Waals surface area (Å²) in [5.41, 5.74) is 6.59. The Hall–Kier alpha value is -0.380. The van der Waals surface area contributed by atoms with Crippen LogP contribution in [0.25, 0.3) is 0 Å². The lowest BCUT2D eigenvalue weighted by Gasteiger charge is -2.23. The van der Waals surface area contributed by atoms with E-state index in [-0.39, 0.29) is 0 Å². The van der Waals surface area contributed by atoms with Crippen LogP contribution in [0.1, 0.15) is 18.4 Å². The van der Waals surface area contributed by atoms with Crippen LogP contribution in [0.2, 0.25) is 5.02 Å². The van der Waals surface area contributed by atoms with Crippen molar-refractivity contribution >= 4 is 23.4 Å². The Balaban J connectivity index is 2.03. The Morgan fingerprint density at radius 2 is 2.38 bits per heavy atom. The Labute approximate surface area is 105 Å². The fourth-order valence-corrected chi connectivity index (χ4v) is 3.03. The summed E-state index contributed by atoms with van der Waals surface area (Å²) in [5.74, 6) is 3.10. The van der Waals surface area contributed by atoms with E-state index in [4.69, 9.17) is 22.1 Å². The van der Waals surface area contributed by atoms with Gasteiger partial charge in [0, 0.05) is 12.3 Å². The minimum absolute atomic E-state index is 0.306. The summed E-state index contributed by atoms with van der Waals surface area (Å²) in [6.07, 6.45) is 2.66. The summed E-state index contributed by atoms with van der Waals surface area (Å²) in [6, 6.07) is 5.77. The lowest BCUT2D eigenvalue weighted by atomic mass is 10.2. The van der Waals surface area contributed by atoms with Crippen LogP contribution in [0.5, 0.6) is 5.75 Å². The molecule has 1 aliphatic heterocycles. The van der Waals surface area contributed by atoms with E-state index in [1.807, 2.05) is 30.0 Å². The van der Waals surface area contributed by atoms with Crippen LogP contribution >= 0.6 is 23.4 Å². The zero-order chi connectivity index (χ0) is 11.4. The van der Waals surface area contributed by atoms with Gasteiger partial charge in [0.1, 0.15) is 11.9 Å². The monoisotopic (exact) mass is 257 g/mol.